The van der Waals surface area contributed by atoms with Crippen molar-refractivity contribution >= 4 is 54.4 Å². The summed E-state index contributed by atoms with van der Waals surface area (Å²) in [7, 11) is 4.09. The molecule has 6 heteroatoms. The summed E-state index contributed by atoms with van der Waals surface area (Å²) in [5, 5.41) is 1.68. The first kappa shape index (κ1) is 22.4. The molecule has 3 nitrogen and oxygen atoms in total. The second-order valence-corrected chi connectivity index (χ2v) is 9.80. The van der Waals surface area contributed by atoms with Crippen LogP contribution in [0.2, 0.25) is 5.02 Å². The zero-order valence-electron chi connectivity index (χ0n) is 17.4. The number of hydrogen-bond donors (Lipinski definition) is 0. The SMILES string of the molecule is CN(C)CCOc1c(-c2ccccc2)n(Cc2ccccc2Br)c2c(Br)cc(Cl)cc12. The molecule has 0 unspecified atom stereocenters. The topological polar surface area (TPSA) is 17.4 Å². The predicted octanol–water partition coefficient (Wildman–Crippen LogP) is 7.48. The van der Waals surface area contributed by atoms with Gasteiger partial charge in [-0.15, -0.1) is 0 Å². The van der Waals surface area contributed by atoms with Crippen LogP contribution in [0.5, 0.6) is 5.75 Å². The van der Waals surface area contributed by atoms with Crippen molar-refractivity contribution in [3.63, 3.8) is 0 Å². The fourth-order valence-corrected chi connectivity index (χ4v) is 5.12. The van der Waals surface area contributed by atoms with E-state index >= 15 is 0 Å². The van der Waals surface area contributed by atoms with Gasteiger partial charge >= 0.3 is 0 Å². The number of hydrogen-bond acceptors (Lipinski definition) is 2. The van der Waals surface area contributed by atoms with Gasteiger partial charge < -0.3 is 14.2 Å². The molecule has 0 saturated heterocycles. The second-order valence-electron chi connectivity index (χ2n) is 7.66. The summed E-state index contributed by atoms with van der Waals surface area (Å²) in [4.78, 5) is 2.12. The lowest BCUT2D eigenvalue weighted by Gasteiger charge is -2.15. The summed E-state index contributed by atoms with van der Waals surface area (Å²) >= 11 is 13.9. The van der Waals surface area contributed by atoms with E-state index in [2.05, 4.69) is 83.8 Å². The Labute approximate surface area is 204 Å². The van der Waals surface area contributed by atoms with E-state index in [0.717, 1.165) is 43.4 Å². The van der Waals surface area contributed by atoms with Crippen LogP contribution in [0.1, 0.15) is 5.56 Å². The van der Waals surface area contributed by atoms with Crippen LogP contribution < -0.4 is 4.74 Å². The molecule has 4 aromatic rings. The third-order valence-electron chi connectivity index (χ3n) is 5.15. The van der Waals surface area contributed by atoms with Crippen molar-refractivity contribution < 1.29 is 4.74 Å². The Morgan fingerprint density at radius 1 is 0.935 bits per heavy atom. The maximum absolute atomic E-state index is 6.46. The maximum atomic E-state index is 6.46. The molecule has 0 N–H and O–H groups in total. The Morgan fingerprint density at radius 3 is 2.35 bits per heavy atom. The molecule has 0 atom stereocenters. The van der Waals surface area contributed by atoms with E-state index in [1.807, 2.05) is 38.4 Å². The summed E-state index contributed by atoms with van der Waals surface area (Å²) in [6, 6.07) is 22.6. The van der Waals surface area contributed by atoms with Crippen LogP contribution in [0, 0.1) is 0 Å². The Morgan fingerprint density at radius 2 is 1.65 bits per heavy atom. The first-order valence-corrected chi connectivity index (χ1v) is 12.0. The van der Waals surface area contributed by atoms with Gasteiger partial charge in [-0.1, -0.05) is 76.1 Å². The van der Waals surface area contributed by atoms with Crippen LogP contribution in [0.25, 0.3) is 22.2 Å². The van der Waals surface area contributed by atoms with Gasteiger partial charge in [0.2, 0.25) is 0 Å². The van der Waals surface area contributed by atoms with Crippen molar-refractivity contribution in [3.05, 3.63) is 86.3 Å². The van der Waals surface area contributed by atoms with E-state index in [9.17, 15) is 0 Å². The van der Waals surface area contributed by atoms with Crippen molar-refractivity contribution in [1.82, 2.24) is 9.47 Å². The molecule has 1 heterocycles. The zero-order valence-corrected chi connectivity index (χ0v) is 21.3. The third-order valence-corrected chi connectivity index (χ3v) is 6.74. The van der Waals surface area contributed by atoms with Gasteiger partial charge in [0, 0.05) is 38.0 Å². The summed E-state index contributed by atoms with van der Waals surface area (Å²) in [6.45, 7) is 2.11. The Bertz CT molecular complexity index is 1210. The molecule has 0 bridgehead atoms. The molecule has 31 heavy (non-hydrogen) atoms. The maximum Gasteiger partial charge on any atom is 0.153 e. The van der Waals surface area contributed by atoms with Crippen molar-refractivity contribution in [2.75, 3.05) is 27.2 Å². The number of halogens is 3. The molecule has 0 saturated carbocycles. The molecule has 0 amide bonds. The molecule has 0 spiro atoms. The highest BCUT2D eigenvalue weighted by atomic mass is 79.9. The zero-order chi connectivity index (χ0) is 22.0. The highest BCUT2D eigenvalue weighted by molar-refractivity contribution is 9.11. The standard InChI is InChI=1S/C25H23Br2ClN2O/c1-29(2)12-13-31-25-20-14-19(28)15-22(27)24(20)30(16-18-10-6-7-11-21(18)26)23(25)17-8-4-3-5-9-17/h3-11,14-15H,12-13,16H2,1-2H3. The van der Waals surface area contributed by atoms with Crippen LogP contribution in [0.15, 0.2) is 75.7 Å². The van der Waals surface area contributed by atoms with Crippen molar-refractivity contribution in [3.8, 4) is 17.0 Å². The van der Waals surface area contributed by atoms with Crippen molar-refractivity contribution in [2.24, 2.45) is 0 Å². The number of likely N-dealkylation sites (N-methyl/N-ethyl adjacent to an activating group) is 1. The quantitative estimate of drug-likeness (QED) is 0.232. The van der Waals surface area contributed by atoms with Crippen molar-refractivity contribution in [2.45, 2.75) is 6.54 Å². The van der Waals surface area contributed by atoms with E-state index in [0.29, 0.717) is 18.2 Å². The molecule has 1 aromatic heterocycles. The minimum absolute atomic E-state index is 0.588. The fraction of sp³-hybridized carbons (Fsp3) is 0.200. The summed E-state index contributed by atoms with van der Waals surface area (Å²) in [6.07, 6.45) is 0. The van der Waals surface area contributed by atoms with Gasteiger partial charge in [-0.05, 0) is 53.8 Å². The van der Waals surface area contributed by atoms with Gasteiger partial charge in [-0.3, -0.25) is 0 Å². The van der Waals surface area contributed by atoms with Gasteiger partial charge in [-0.2, -0.15) is 0 Å². The summed E-state index contributed by atoms with van der Waals surface area (Å²) in [5.74, 6) is 0.860. The summed E-state index contributed by atoms with van der Waals surface area (Å²) in [5.41, 5.74) is 4.42. The largest absolute Gasteiger partial charge is 0.489 e. The van der Waals surface area contributed by atoms with Crippen LogP contribution in [0.3, 0.4) is 0 Å². The molecule has 4 rings (SSSR count). The predicted molar refractivity (Wildman–Crippen MR) is 137 cm³/mol. The lowest BCUT2D eigenvalue weighted by Crippen LogP contribution is -2.19. The second kappa shape index (κ2) is 9.78. The van der Waals surface area contributed by atoms with Gasteiger partial charge in [0.05, 0.1) is 11.2 Å². The van der Waals surface area contributed by atoms with Gasteiger partial charge in [0.15, 0.2) is 5.75 Å². The monoisotopic (exact) mass is 560 g/mol. The highest BCUT2D eigenvalue weighted by Gasteiger charge is 2.23. The van der Waals surface area contributed by atoms with E-state index < -0.39 is 0 Å². The van der Waals surface area contributed by atoms with Crippen LogP contribution >= 0.6 is 43.5 Å². The molecule has 0 aliphatic rings. The van der Waals surface area contributed by atoms with E-state index in [1.165, 1.54) is 5.56 Å². The molecular formula is C25H23Br2ClN2O. The number of benzene rings is 3. The van der Waals surface area contributed by atoms with Gasteiger partial charge in [0.1, 0.15) is 6.61 Å². The number of ether oxygens (including phenoxy) is 1. The molecule has 0 aliphatic heterocycles. The normalized spacial score (nSPS) is 11.4. The van der Waals surface area contributed by atoms with Crippen LogP contribution in [-0.2, 0) is 6.54 Å². The average molecular weight is 563 g/mol. The minimum atomic E-state index is 0.588. The Kier molecular flexibility index (Phi) is 7.07. The minimum Gasteiger partial charge on any atom is -0.489 e. The van der Waals surface area contributed by atoms with E-state index in [1.54, 1.807) is 0 Å². The van der Waals surface area contributed by atoms with Crippen molar-refractivity contribution in [1.29, 1.82) is 0 Å². The summed E-state index contributed by atoms with van der Waals surface area (Å²) < 4.78 is 10.8. The Balaban J connectivity index is 1.98. The number of rotatable bonds is 7. The fourth-order valence-electron chi connectivity index (χ4n) is 3.69. The molecule has 160 valence electrons. The van der Waals surface area contributed by atoms with Gasteiger partial charge in [0.25, 0.3) is 0 Å². The third kappa shape index (κ3) is 4.85. The van der Waals surface area contributed by atoms with Crippen LogP contribution in [-0.4, -0.2) is 36.7 Å². The van der Waals surface area contributed by atoms with Crippen LogP contribution in [0.4, 0.5) is 0 Å². The number of aromatic nitrogens is 1. The van der Waals surface area contributed by atoms with E-state index in [4.69, 9.17) is 16.3 Å². The van der Waals surface area contributed by atoms with Gasteiger partial charge in [-0.25, -0.2) is 0 Å². The smallest absolute Gasteiger partial charge is 0.153 e. The molecule has 0 radical (unpaired) electrons. The first-order chi connectivity index (χ1) is 15.0. The lowest BCUT2D eigenvalue weighted by molar-refractivity contribution is 0.264. The average Bonchev–Trinajstić information content (AvgIpc) is 3.03. The first-order valence-electron chi connectivity index (χ1n) is 10.0. The lowest BCUT2D eigenvalue weighted by atomic mass is 10.1. The molecule has 0 fully saturated rings. The van der Waals surface area contributed by atoms with E-state index in [-0.39, 0.29) is 0 Å². The number of nitrogens with zero attached hydrogens (tertiary/aromatic N) is 2. The number of fused-ring (bicyclic) bond motifs is 1. The molecular weight excluding hydrogens is 540 g/mol. The molecule has 3 aromatic carbocycles. The molecule has 0 aliphatic carbocycles. The highest BCUT2D eigenvalue weighted by Crippen LogP contribution is 2.44. The Hall–Kier alpha value is -1.79.